The standard InChI is InChI=1S/C18H16N2O3S/c1-11-12(2)24-17(15(11)18(22)23)19-16(21)13-5-7-14(8-6-13)20-9-3-4-10-20/h3-10H,1-2H3,(H,19,21)(H,22,23). The Morgan fingerprint density at radius 1 is 1.08 bits per heavy atom. The molecule has 5 nitrogen and oxygen atoms in total. The summed E-state index contributed by atoms with van der Waals surface area (Å²) >= 11 is 1.28. The number of thiophene rings is 1. The van der Waals surface area contributed by atoms with Gasteiger partial charge in [-0.05, 0) is 55.8 Å². The lowest BCUT2D eigenvalue weighted by Gasteiger charge is -2.07. The molecule has 0 aliphatic rings. The van der Waals surface area contributed by atoms with Gasteiger partial charge in [0.2, 0.25) is 0 Å². The third-order valence-electron chi connectivity index (χ3n) is 3.86. The summed E-state index contributed by atoms with van der Waals surface area (Å²) in [6, 6.07) is 11.0. The average molecular weight is 340 g/mol. The predicted molar refractivity (Wildman–Crippen MR) is 94.5 cm³/mol. The largest absolute Gasteiger partial charge is 0.478 e. The summed E-state index contributed by atoms with van der Waals surface area (Å²) in [5.41, 5.74) is 2.28. The Balaban J connectivity index is 1.83. The van der Waals surface area contributed by atoms with Gasteiger partial charge in [0.1, 0.15) is 5.00 Å². The maximum Gasteiger partial charge on any atom is 0.338 e. The Morgan fingerprint density at radius 2 is 1.71 bits per heavy atom. The van der Waals surface area contributed by atoms with Gasteiger partial charge in [0.25, 0.3) is 5.91 Å². The number of rotatable bonds is 4. The molecule has 2 N–H and O–H groups in total. The molecule has 0 saturated carbocycles. The number of hydrogen-bond donors (Lipinski definition) is 2. The van der Waals surface area contributed by atoms with Crippen molar-refractivity contribution < 1.29 is 14.7 Å². The molecule has 3 aromatic rings. The number of carboxylic acids is 1. The predicted octanol–water partition coefficient (Wildman–Crippen LogP) is 4.11. The van der Waals surface area contributed by atoms with Crippen molar-refractivity contribution in [1.29, 1.82) is 0 Å². The molecule has 1 aromatic carbocycles. The first kappa shape index (κ1) is 16.0. The van der Waals surface area contributed by atoms with Gasteiger partial charge < -0.3 is 15.0 Å². The van der Waals surface area contributed by atoms with E-state index < -0.39 is 5.97 Å². The zero-order valence-corrected chi connectivity index (χ0v) is 14.1. The Hall–Kier alpha value is -2.86. The second-order valence-corrected chi connectivity index (χ2v) is 6.61. The number of benzene rings is 1. The molecule has 24 heavy (non-hydrogen) atoms. The molecule has 2 aromatic heterocycles. The molecule has 0 aliphatic carbocycles. The molecule has 0 saturated heterocycles. The van der Waals surface area contributed by atoms with Crippen molar-refractivity contribution in [1.82, 2.24) is 4.57 Å². The van der Waals surface area contributed by atoms with Gasteiger partial charge in [0.15, 0.2) is 0 Å². The molecule has 0 unspecified atom stereocenters. The fourth-order valence-electron chi connectivity index (χ4n) is 2.44. The quantitative estimate of drug-likeness (QED) is 0.751. The minimum absolute atomic E-state index is 0.162. The van der Waals surface area contributed by atoms with Gasteiger partial charge >= 0.3 is 5.97 Å². The SMILES string of the molecule is Cc1sc(NC(=O)c2ccc(-n3cccc3)cc2)c(C(=O)O)c1C. The van der Waals surface area contributed by atoms with E-state index in [1.54, 1.807) is 19.1 Å². The van der Waals surface area contributed by atoms with Crippen LogP contribution in [-0.4, -0.2) is 21.6 Å². The third-order valence-corrected chi connectivity index (χ3v) is 4.98. The number of nitrogens with zero attached hydrogens (tertiary/aromatic N) is 1. The van der Waals surface area contributed by atoms with Crippen LogP contribution >= 0.6 is 11.3 Å². The Labute approximate surface area is 143 Å². The average Bonchev–Trinajstić information content (AvgIpc) is 3.17. The van der Waals surface area contributed by atoms with E-state index in [1.807, 2.05) is 48.1 Å². The monoisotopic (exact) mass is 340 g/mol. The zero-order valence-electron chi connectivity index (χ0n) is 13.2. The summed E-state index contributed by atoms with van der Waals surface area (Å²) in [4.78, 5) is 24.7. The molecule has 3 rings (SSSR count). The number of aromatic carboxylic acids is 1. The van der Waals surface area contributed by atoms with E-state index in [2.05, 4.69) is 5.32 Å². The molecule has 0 fully saturated rings. The van der Waals surface area contributed by atoms with E-state index >= 15 is 0 Å². The fourth-order valence-corrected chi connectivity index (χ4v) is 3.49. The molecule has 0 bridgehead atoms. The first-order valence-electron chi connectivity index (χ1n) is 7.35. The van der Waals surface area contributed by atoms with Crippen molar-refractivity contribution in [3.63, 3.8) is 0 Å². The van der Waals surface area contributed by atoms with Crippen LogP contribution in [0.4, 0.5) is 5.00 Å². The van der Waals surface area contributed by atoms with E-state index in [9.17, 15) is 14.7 Å². The Kier molecular flexibility index (Phi) is 4.22. The van der Waals surface area contributed by atoms with Crippen LogP contribution in [0.25, 0.3) is 5.69 Å². The molecule has 0 spiro atoms. The third kappa shape index (κ3) is 2.96. The van der Waals surface area contributed by atoms with Gasteiger partial charge in [-0.2, -0.15) is 0 Å². The van der Waals surface area contributed by atoms with Crippen molar-refractivity contribution in [3.8, 4) is 5.69 Å². The molecule has 122 valence electrons. The smallest absolute Gasteiger partial charge is 0.338 e. The highest BCUT2D eigenvalue weighted by atomic mass is 32.1. The highest BCUT2D eigenvalue weighted by Gasteiger charge is 2.20. The minimum Gasteiger partial charge on any atom is -0.478 e. The number of aryl methyl sites for hydroxylation is 1. The van der Waals surface area contributed by atoms with Crippen LogP contribution in [-0.2, 0) is 0 Å². The van der Waals surface area contributed by atoms with Crippen LogP contribution in [0, 0.1) is 13.8 Å². The van der Waals surface area contributed by atoms with E-state index in [0.29, 0.717) is 16.1 Å². The summed E-state index contributed by atoms with van der Waals surface area (Å²) in [6.45, 7) is 3.59. The van der Waals surface area contributed by atoms with Crippen molar-refractivity contribution in [2.24, 2.45) is 0 Å². The number of anilines is 1. The number of carboxylic acid groups (broad SMARTS) is 1. The van der Waals surface area contributed by atoms with Crippen molar-refractivity contribution in [2.45, 2.75) is 13.8 Å². The van der Waals surface area contributed by atoms with Gasteiger partial charge in [-0.3, -0.25) is 4.79 Å². The summed E-state index contributed by atoms with van der Waals surface area (Å²) in [5.74, 6) is -1.35. The van der Waals surface area contributed by atoms with Crippen LogP contribution < -0.4 is 5.32 Å². The van der Waals surface area contributed by atoms with Gasteiger partial charge in [0.05, 0.1) is 5.56 Å². The molecular formula is C18H16N2O3S. The number of carbonyl (C=O) groups excluding carboxylic acids is 1. The summed E-state index contributed by atoms with van der Waals surface area (Å²) in [7, 11) is 0. The lowest BCUT2D eigenvalue weighted by molar-refractivity contribution is 0.0697. The van der Waals surface area contributed by atoms with E-state index in [-0.39, 0.29) is 11.5 Å². The van der Waals surface area contributed by atoms with Gasteiger partial charge in [-0.25, -0.2) is 4.79 Å². The van der Waals surface area contributed by atoms with Crippen LogP contribution in [0.15, 0.2) is 48.8 Å². The van der Waals surface area contributed by atoms with Crippen molar-refractivity contribution in [3.05, 3.63) is 70.4 Å². The Bertz CT molecular complexity index is 893. The molecule has 2 heterocycles. The first-order chi connectivity index (χ1) is 11.5. The number of aromatic nitrogens is 1. The lowest BCUT2D eigenvalue weighted by Crippen LogP contribution is -2.13. The van der Waals surface area contributed by atoms with Gasteiger partial charge in [-0.1, -0.05) is 0 Å². The summed E-state index contributed by atoms with van der Waals surface area (Å²) in [6.07, 6.45) is 3.84. The number of amides is 1. The molecule has 0 atom stereocenters. The number of carbonyl (C=O) groups is 2. The molecule has 6 heteroatoms. The number of nitrogens with one attached hydrogen (secondary N) is 1. The highest BCUT2D eigenvalue weighted by molar-refractivity contribution is 7.16. The summed E-state index contributed by atoms with van der Waals surface area (Å²) < 4.78 is 1.94. The van der Waals surface area contributed by atoms with Crippen LogP contribution in [0.5, 0.6) is 0 Å². The van der Waals surface area contributed by atoms with Crippen LogP contribution in [0.3, 0.4) is 0 Å². The van der Waals surface area contributed by atoms with Crippen LogP contribution in [0.2, 0.25) is 0 Å². The van der Waals surface area contributed by atoms with E-state index in [0.717, 1.165) is 10.6 Å². The van der Waals surface area contributed by atoms with Crippen molar-refractivity contribution in [2.75, 3.05) is 5.32 Å². The molecule has 1 amide bonds. The fraction of sp³-hybridized carbons (Fsp3) is 0.111. The maximum absolute atomic E-state index is 12.4. The molecule has 0 radical (unpaired) electrons. The number of hydrogen-bond acceptors (Lipinski definition) is 3. The zero-order chi connectivity index (χ0) is 17.3. The summed E-state index contributed by atoms with van der Waals surface area (Å²) in [5, 5.41) is 12.4. The highest BCUT2D eigenvalue weighted by Crippen LogP contribution is 2.32. The first-order valence-corrected chi connectivity index (χ1v) is 8.17. The maximum atomic E-state index is 12.4. The normalized spacial score (nSPS) is 10.6. The topological polar surface area (TPSA) is 71.3 Å². The molecular weight excluding hydrogens is 324 g/mol. The van der Waals surface area contributed by atoms with Gasteiger partial charge in [0, 0.05) is 28.5 Å². The second-order valence-electron chi connectivity index (χ2n) is 5.38. The van der Waals surface area contributed by atoms with E-state index in [4.69, 9.17) is 0 Å². The minimum atomic E-state index is -1.03. The van der Waals surface area contributed by atoms with E-state index in [1.165, 1.54) is 11.3 Å². The molecule has 0 aliphatic heterocycles. The van der Waals surface area contributed by atoms with Gasteiger partial charge in [-0.15, -0.1) is 11.3 Å². The Morgan fingerprint density at radius 3 is 2.29 bits per heavy atom. The van der Waals surface area contributed by atoms with Crippen molar-refractivity contribution >= 4 is 28.2 Å². The lowest BCUT2D eigenvalue weighted by atomic mass is 10.1. The second kappa shape index (κ2) is 6.33. The van der Waals surface area contributed by atoms with Crippen LogP contribution in [0.1, 0.15) is 31.2 Å².